The molecule has 21 heavy (non-hydrogen) atoms. The quantitative estimate of drug-likeness (QED) is 0.670. The molecule has 1 fully saturated rings. The van der Waals surface area contributed by atoms with Gasteiger partial charge in [-0.2, -0.15) is 0 Å². The Labute approximate surface area is 123 Å². The number of nitrogens with one attached hydrogen (secondary N) is 1. The van der Waals surface area contributed by atoms with E-state index in [0.717, 1.165) is 25.3 Å². The van der Waals surface area contributed by atoms with E-state index in [1.807, 2.05) is 0 Å². The first-order chi connectivity index (χ1) is 9.85. The van der Waals surface area contributed by atoms with E-state index in [4.69, 9.17) is 4.74 Å². The fourth-order valence-electron chi connectivity index (χ4n) is 2.91. The van der Waals surface area contributed by atoms with Crippen LogP contribution in [0.2, 0.25) is 0 Å². The number of anilines is 1. The zero-order chi connectivity index (χ0) is 15.6. The number of benzene rings is 1. The summed E-state index contributed by atoms with van der Waals surface area (Å²) in [5.74, 6) is -0.554. The van der Waals surface area contributed by atoms with E-state index in [2.05, 4.69) is 19.2 Å². The van der Waals surface area contributed by atoms with Gasteiger partial charge in [0.1, 0.15) is 0 Å². The first-order valence-electron chi connectivity index (χ1n) is 7.13. The van der Waals surface area contributed by atoms with Crippen molar-refractivity contribution in [3.05, 3.63) is 28.1 Å². The van der Waals surface area contributed by atoms with Crippen LogP contribution in [-0.4, -0.2) is 18.1 Å². The van der Waals surface area contributed by atoms with Gasteiger partial charge in [0.15, 0.2) is 11.6 Å². The third-order valence-electron chi connectivity index (χ3n) is 4.30. The predicted molar refractivity (Wildman–Crippen MR) is 79.3 cm³/mol. The van der Waals surface area contributed by atoms with E-state index >= 15 is 0 Å². The summed E-state index contributed by atoms with van der Waals surface area (Å²) < 4.78 is 19.1. The molecule has 0 aliphatic heterocycles. The van der Waals surface area contributed by atoms with Crippen LogP contribution in [0.5, 0.6) is 5.75 Å². The molecule has 5 nitrogen and oxygen atoms in total. The molecule has 0 bridgehead atoms. The number of hydrogen-bond acceptors (Lipinski definition) is 4. The first kappa shape index (κ1) is 15.5. The number of ether oxygens (including phenoxy) is 1. The molecule has 1 aliphatic rings. The van der Waals surface area contributed by atoms with Crippen LogP contribution in [-0.2, 0) is 0 Å². The number of nitro groups is 1. The summed E-state index contributed by atoms with van der Waals surface area (Å²) >= 11 is 0. The molecule has 1 unspecified atom stereocenters. The summed E-state index contributed by atoms with van der Waals surface area (Å²) in [5.41, 5.74) is -0.0273. The minimum atomic E-state index is -0.643. The normalized spacial score (nSPS) is 20.9. The van der Waals surface area contributed by atoms with Crippen molar-refractivity contribution in [3.8, 4) is 5.75 Å². The molecular weight excluding hydrogens is 275 g/mol. The average Bonchev–Trinajstić information content (AvgIpc) is 2.42. The molecule has 1 saturated carbocycles. The molecule has 0 heterocycles. The number of nitro benzene ring substituents is 1. The van der Waals surface area contributed by atoms with Crippen LogP contribution in [0.1, 0.15) is 39.5 Å². The molecule has 1 N–H and O–H groups in total. The van der Waals surface area contributed by atoms with Crippen molar-refractivity contribution in [2.24, 2.45) is 5.41 Å². The van der Waals surface area contributed by atoms with E-state index in [9.17, 15) is 14.5 Å². The minimum absolute atomic E-state index is 0.0671. The Morgan fingerprint density at radius 2 is 2.14 bits per heavy atom. The monoisotopic (exact) mass is 296 g/mol. The molecule has 0 radical (unpaired) electrons. The van der Waals surface area contributed by atoms with Crippen LogP contribution in [0, 0.1) is 21.3 Å². The number of halogens is 1. The van der Waals surface area contributed by atoms with Crippen molar-refractivity contribution >= 4 is 11.4 Å². The van der Waals surface area contributed by atoms with Gasteiger partial charge in [-0.1, -0.05) is 26.7 Å². The lowest BCUT2D eigenvalue weighted by Gasteiger charge is -2.39. The van der Waals surface area contributed by atoms with Gasteiger partial charge in [0.25, 0.3) is 0 Å². The molecule has 1 aromatic carbocycles. The zero-order valence-electron chi connectivity index (χ0n) is 12.6. The molecular formula is C15H21FN2O3. The molecule has 6 heteroatoms. The second-order valence-corrected chi connectivity index (χ2v) is 6.19. The van der Waals surface area contributed by atoms with Crippen molar-refractivity contribution in [1.29, 1.82) is 0 Å². The van der Waals surface area contributed by atoms with Crippen molar-refractivity contribution in [2.75, 3.05) is 12.4 Å². The van der Waals surface area contributed by atoms with Gasteiger partial charge in [-0.05, 0) is 18.3 Å². The topological polar surface area (TPSA) is 64.4 Å². The van der Waals surface area contributed by atoms with Crippen molar-refractivity contribution < 1.29 is 14.1 Å². The van der Waals surface area contributed by atoms with E-state index in [1.165, 1.54) is 19.6 Å². The lowest BCUT2D eigenvalue weighted by Crippen LogP contribution is -2.39. The highest BCUT2D eigenvalue weighted by molar-refractivity contribution is 5.59. The summed E-state index contributed by atoms with van der Waals surface area (Å²) in [6.45, 7) is 4.31. The van der Waals surface area contributed by atoms with E-state index in [1.54, 1.807) is 0 Å². The number of nitrogens with zero attached hydrogens (tertiary/aromatic N) is 1. The van der Waals surface area contributed by atoms with Gasteiger partial charge >= 0.3 is 5.69 Å². The van der Waals surface area contributed by atoms with Crippen LogP contribution in [0.3, 0.4) is 0 Å². The van der Waals surface area contributed by atoms with Crippen molar-refractivity contribution in [2.45, 2.75) is 45.6 Å². The summed E-state index contributed by atoms with van der Waals surface area (Å²) in [5, 5.41) is 14.1. The van der Waals surface area contributed by atoms with Crippen molar-refractivity contribution in [3.63, 3.8) is 0 Å². The van der Waals surface area contributed by atoms with Gasteiger partial charge in [0.05, 0.1) is 23.8 Å². The molecule has 0 amide bonds. The fourth-order valence-corrected chi connectivity index (χ4v) is 2.91. The summed E-state index contributed by atoms with van der Waals surface area (Å²) in [7, 11) is 1.34. The number of rotatable bonds is 4. The highest BCUT2D eigenvalue weighted by Crippen LogP contribution is 2.39. The largest absolute Gasteiger partial charge is 0.490 e. The maximum absolute atomic E-state index is 14.1. The van der Waals surface area contributed by atoms with Gasteiger partial charge in [0.2, 0.25) is 0 Å². The maximum Gasteiger partial charge on any atom is 0.313 e. The lowest BCUT2D eigenvalue weighted by molar-refractivity contribution is -0.385. The van der Waals surface area contributed by atoms with Gasteiger partial charge in [-0.25, -0.2) is 4.39 Å². The van der Waals surface area contributed by atoms with Gasteiger partial charge in [-0.3, -0.25) is 10.1 Å². The van der Waals surface area contributed by atoms with E-state index in [0.29, 0.717) is 0 Å². The summed E-state index contributed by atoms with van der Waals surface area (Å²) in [4.78, 5) is 10.2. The van der Waals surface area contributed by atoms with Crippen LogP contribution in [0.4, 0.5) is 15.8 Å². The standard InChI is InChI=1S/C15H21FN2O3/c1-15(2)7-5-4-6-14(15)17-11-9-13(21-3)12(18(19)20)8-10(11)16/h8-9,14,17H,4-7H2,1-3H3. The Kier molecular flexibility index (Phi) is 4.34. The minimum Gasteiger partial charge on any atom is -0.490 e. The molecule has 1 aliphatic carbocycles. The number of hydrogen-bond donors (Lipinski definition) is 1. The van der Waals surface area contributed by atoms with Gasteiger partial charge in [0, 0.05) is 12.1 Å². The predicted octanol–water partition coefficient (Wildman–Crippen LogP) is 4.12. The molecule has 0 saturated heterocycles. The Bertz CT molecular complexity index is 546. The summed E-state index contributed by atoms with van der Waals surface area (Å²) in [6, 6.07) is 2.43. The smallest absolute Gasteiger partial charge is 0.313 e. The Hall–Kier alpha value is -1.85. The van der Waals surface area contributed by atoms with Crippen molar-refractivity contribution in [1.82, 2.24) is 0 Å². The van der Waals surface area contributed by atoms with Crippen LogP contribution < -0.4 is 10.1 Å². The fraction of sp³-hybridized carbons (Fsp3) is 0.600. The molecule has 0 spiro atoms. The molecule has 1 atom stereocenters. The van der Waals surface area contributed by atoms with Crippen LogP contribution in [0.15, 0.2) is 12.1 Å². The highest BCUT2D eigenvalue weighted by Gasteiger charge is 2.33. The average molecular weight is 296 g/mol. The third-order valence-corrected chi connectivity index (χ3v) is 4.30. The van der Waals surface area contributed by atoms with Gasteiger partial charge < -0.3 is 10.1 Å². The van der Waals surface area contributed by atoms with Crippen LogP contribution in [0.25, 0.3) is 0 Å². The van der Waals surface area contributed by atoms with Gasteiger partial charge in [-0.15, -0.1) is 0 Å². The molecule has 116 valence electrons. The highest BCUT2D eigenvalue weighted by atomic mass is 19.1. The zero-order valence-corrected chi connectivity index (χ0v) is 12.6. The summed E-state index contributed by atoms with van der Waals surface area (Å²) in [6.07, 6.45) is 4.33. The third kappa shape index (κ3) is 3.25. The number of methoxy groups -OCH3 is 1. The molecule has 2 rings (SSSR count). The van der Waals surface area contributed by atoms with E-state index < -0.39 is 10.7 Å². The first-order valence-corrected chi connectivity index (χ1v) is 7.13. The van der Waals surface area contributed by atoms with Crippen LogP contribution >= 0.6 is 0 Å². The SMILES string of the molecule is COc1cc(NC2CCCCC2(C)C)c(F)cc1[N+](=O)[O-]. The maximum atomic E-state index is 14.1. The van der Waals surface area contributed by atoms with E-state index in [-0.39, 0.29) is 28.6 Å². The second-order valence-electron chi connectivity index (χ2n) is 6.19. The molecule has 0 aromatic heterocycles. The Morgan fingerprint density at radius 1 is 1.43 bits per heavy atom. The Morgan fingerprint density at radius 3 is 2.71 bits per heavy atom. The Balaban J connectivity index is 2.30. The lowest BCUT2D eigenvalue weighted by atomic mass is 9.73. The second kappa shape index (κ2) is 5.87. The molecule has 1 aromatic rings.